The van der Waals surface area contributed by atoms with E-state index in [1.165, 1.54) is 16.0 Å². The number of hydrogen-bond acceptors (Lipinski definition) is 3. The maximum absolute atomic E-state index is 4.35. The van der Waals surface area contributed by atoms with E-state index >= 15 is 0 Å². The minimum atomic E-state index is 0.689. The standard InChI is InChI=1S/C17H22N2S/c1-13(2)11-18-12-15-7-8-16(10-14(15)3)20-17-6-4-5-9-19-17/h4-10,13,18H,11-12H2,1-3H3. The number of aryl methyl sites for hydroxylation is 1. The van der Waals surface area contributed by atoms with E-state index in [1.54, 1.807) is 11.8 Å². The predicted octanol–water partition coefficient (Wildman–Crippen LogP) is 4.29. The zero-order valence-electron chi connectivity index (χ0n) is 12.4. The van der Waals surface area contributed by atoms with Crippen molar-refractivity contribution in [1.29, 1.82) is 0 Å². The molecule has 0 atom stereocenters. The van der Waals surface area contributed by atoms with Gasteiger partial charge in [0.15, 0.2) is 0 Å². The molecule has 1 aromatic heterocycles. The van der Waals surface area contributed by atoms with Gasteiger partial charge in [-0.05, 0) is 54.8 Å². The summed E-state index contributed by atoms with van der Waals surface area (Å²) in [5, 5.41) is 4.53. The molecule has 0 fully saturated rings. The third-order valence-electron chi connectivity index (χ3n) is 3.04. The number of aromatic nitrogens is 1. The highest BCUT2D eigenvalue weighted by Crippen LogP contribution is 2.27. The van der Waals surface area contributed by atoms with Crippen LogP contribution in [0.15, 0.2) is 52.5 Å². The van der Waals surface area contributed by atoms with E-state index in [0.717, 1.165) is 18.1 Å². The van der Waals surface area contributed by atoms with Crippen molar-refractivity contribution < 1.29 is 0 Å². The van der Waals surface area contributed by atoms with Crippen molar-refractivity contribution in [3.8, 4) is 0 Å². The molecule has 1 N–H and O–H groups in total. The van der Waals surface area contributed by atoms with E-state index in [-0.39, 0.29) is 0 Å². The summed E-state index contributed by atoms with van der Waals surface area (Å²) in [4.78, 5) is 5.59. The SMILES string of the molecule is Cc1cc(Sc2ccccn2)ccc1CNCC(C)C. The molecule has 0 amide bonds. The topological polar surface area (TPSA) is 24.9 Å². The van der Waals surface area contributed by atoms with E-state index < -0.39 is 0 Å². The predicted molar refractivity (Wildman–Crippen MR) is 86.1 cm³/mol. The minimum Gasteiger partial charge on any atom is -0.312 e. The van der Waals surface area contributed by atoms with Crippen LogP contribution in [0.1, 0.15) is 25.0 Å². The quantitative estimate of drug-likeness (QED) is 0.857. The number of nitrogens with zero attached hydrogens (tertiary/aromatic N) is 1. The molecule has 2 rings (SSSR count). The average molecular weight is 286 g/mol. The van der Waals surface area contributed by atoms with Gasteiger partial charge in [0.05, 0.1) is 0 Å². The fourth-order valence-electron chi connectivity index (χ4n) is 1.95. The van der Waals surface area contributed by atoms with E-state index in [9.17, 15) is 0 Å². The lowest BCUT2D eigenvalue weighted by atomic mass is 10.1. The zero-order chi connectivity index (χ0) is 14.4. The van der Waals surface area contributed by atoms with E-state index in [2.05, 4.69) is 49.3 Å². The van der Waals surface area contributed by atoms with Crippen molar-refractivity contribution in [3.63, 3.8) is 0 Å². The molecule has 0 bridgehead atoms. The summed E-state index contributed by atoms with van der Waals surface area (Å²) in [6, 6.07) is 12.6. The number of benzene rings is 1. The lowest BCUT2D eigenvalue weighted by Gasteiger charge is -2.11. The number of nitrogens with one attached hydrogen (secondary N) is 1. The Kier molecular flexibility index (Phi) is 5.62. The first-order chi connectivity index (χ1) is 9.65. The second-order valence-electron chi connectivity index (χ2n) is 5.38. The summed E-state index contributed by atoms with van der Waals surface area (Å²) in [5.41, 5.74) is 2.71. The van der Waals surface area contributed by atoms with Gasteiger partial charge in [-0.25, -0.2) is 4.98 Å². The zero-order valence-corrected chi connectivity index (χ0v) is 13.2. The van der Waals surface area contributed by atoms with Crippen molar-refractivity contribution in [2.45, 2.75) is 37.2 Å². The van der Waals surface area contributed by atoms with Crippen LogP contribution in [0, 0.1) is 12.8 Å². The molecular formula is C17H22N2S. The van der Waals surface area contributed by atoms with Crippen LogP contribution in [0.4, 0.5) is 0 Å². The first kappa shape index (κ1) is 15.1. The molecule has 0 unspecified atom stereocenters. The highest BCUT2D eigenvalue weighted by Gasteiger charge is 2.03. The van der Waals surface area contributed by atoms with Crippen molar-refractivity contribution in [3.05, 3.63) is 53.7 Å². The van der Waals surface area contributed by atoms with Gasteiger partial charge in [0.1, 0.15) is 5.03 Å². The van der Waals surface area contributed by atoms with E-state index in [1.807, 2.05) is 24.4 Å². The molecule has 0 aliphatic carbocycles. The molecule has 0 spiro atoms. The van der Waals surface area contributed by atoms with Gasteiger partial charge in [-0.3, -0.25) is 0 Å². The smallest absolute Gasteiger partial charge is 0.101 e. The normalized spacial score (nSPS) is 11.0. The third-order valence-corrected chi connectivity index (χ3v) is 3.98. The van der Waals surface area contributed by atoms with Crippen LogP contribution >= 0.6 is 11.8 Å². The van der Waals surface area contributed by atoms with Crippen LogP contribution in [0.5, 0.6) is 0 Å². The Hall–Kier alpha value is -1.32. The van der Waals surface area contributed by atoms with Crippen LogP contribution in [0.3, 0.4) is 0 Å². The monoisotopic (exact) mass is 286 g/mol. The highest BCUT2D eigenvalue weighted by molar-refractivity contribution is 7.99. The Bertz CT molecular complexity index is 538. The molecule has 0 radical (unpaired) electrons. The second kappa shape index (κ2) is 7.46. The Morgan fingerprint density at radius 1 is 1.20 bits per heavy atom. The van der Waals surface area contributed by atoms with Gasteiger partial charge in [-0.1, -0.05) is 37.7 Å². The molecule has 1 aromatic carbocycles. The lowest BCUT2D eigenvalue weighted by Crippen LogP contribution is -2.19. The summed E-state index contributed by atoms with van der Waals surface area (Å²) in [6.45, 7) is 8.64. The Morgan fingerprint density at radius 3 is 2.70 bits per heavy atom. The van der Waals surface area contributed by atoms with Crippen LogP contribution in [0.2, 0.25) is 0 Å². The minimum absolute atomic E-state index is 0.689. The largest absolute Gasteiger partial charge is 0.312 e. The summed E-state index contributed by atoms with van der Waals surface area (Å²) in [6.07, 6.45) is 1.83. The average Bonchev–Trinajstić information content (AvgIpc) is 2.42. The van der Waals surface area contributed by atoms with Crippen molar-refractivity contribution >= 4 is 11.8 Å². The molecular weight excluding hydrogens is 264 g/mol. The summed E-state index contributed by atoms with van der Waals surface area (Å²) >= 11 is 1.71. The number of rotatable bonds is 6. The van der Waals surface area contributed by atoms with Crippen molar-refractivity contribution in [2.24, 2.45) is 5.92 Å². The maximum atomic E-state index is 4.35. The molecule has 0 aliphatic rings. The molecule has 20 heavy (non-hydrogen) atoms. The van der Waals surface area contributed by atoms with Crippen molar-refractivity contribution in [1.82, 2.24) is 10.3 Å². The fourth-order valence-corrected chi connectivity index (χ4v) is 2.83. The van der Waals surface area contributed by atoms with E-state index in [0.29, 0.717) is 5.92 Å². The van der Waals surface area contributed by atoms with Gasteiger partial charge < -0.3 is 5.32 Å². The number of pyridine rings is 1. The molecule has 0 saturated carbocycles. The molecule has 1 heterocycles. The van der Waals surface area contributed by atoms with Gasteiger partial charge in [-0.15, -0.1) is 0 Å². The molecule has 2 nitrogen and oxygen atoms in total. The summed E-state index contributed by atoms with van der Waals surface area (Å²) < 4.78 is 0. The molecule has 3 heteroatoms. The van der Waals surface area contributed by atoms with Gasteiger partial charge in [0.25, 0.3) is 0 Å². The van der Waals surface area contributed by atoms with Gasteiger partial charge in [0.2, 0.25) is 0 Å². The fraction of sp³-hybridized carbons (Fsp3) is 0.353. The second-order valence-corrected chi connectivity index (χ2v) is 6.48. The first-order valence-electron chi connectivity index (χ1n) is 7.04. The first-order valence-corrected chi connectivity index (χ1v) is 7.86. The third kappa shape index (κ3) is 4.66. The molecule has 106 valence electrons. The van der Waals surface area contributed by atoms with Crippen LogP contribution in [0.25, 0.3) is 0 Å². The van der Waals surface area contributed by atoms with Crippen LogP contribution in [-0.4, -0.2) is 11.5 Å². The molecule has 2 aromatic rings. The lowest BCUT2D eigenvalue weighted by molar-refractivity contribution is 0.551. The van der Waals surface area contributed by atoms with Gasteiger partial charge >= 0.3 is 0 Å². The van der Waals surface area contributed by atoms with Gasteiger partial charge in [-0.2, -0.15) is 0 Å². The Morgan fingerprint density at radius 2 is 2.05 bits per heavy atom. The Balaban J connectivity index is 1.98. The molecule has 0 aliphatic heterocycles. The number of hydrogen-bond donors (Lipinski definition) is 1. The van der Waals surface area contributed by atoms with Crippen LogP contribution in [-0.2, 0) is 6.54 Å². The molecule has 0 saturated heterocycles. The summed E-state index contributed by atoms with van der Waals surface area (Å²) in [5.74, 6) is 0.689. The van der Waals surface area contributed by atoms with Gasteiger partial charge in [0, 0.05) is 17.6 Å². The Labute approximate surface area is 126 Å². The maximum Gasteiger partial charge on any atom is 0.101 e. The van der Waals surface area contributed by atoms with E-state index in [4.69, 9.17) is 0 Å². The van der Waals surface area contributed by atoms with Crippen molar-refractivity contribution in [2.75, 3.05) is 6.54 Å². The summed E-state index contributed by atoms with van der Waals surface area (Å²) in [7, 11) is 0. The highest BCUT2D eigenvalue weighted by atomic mass is 32.2. The van der Waals surface area contributed by atoms with Crippen LogP contribution < -0.4 is 5.32 Å².